The number of esters is 2. The fourth-order valence-corrected chi connectivity index (χ4v) is 9.02. The number of phenols is 1. The molecule has 1 radical (unpaired) electrons. The minimum absolute atomic E-state index is 0. The molecule has 3 aliphatic rings. The van der Waals surface area contributed by atoms with Gasteiger partial charge in [0.25, 0.3) is 5.56 Å². The fourth-order valence-electron chi connectivity index (χ4n) is 7.46. The van der Waals surface area contributed by atoms with Gasteiger partial charge in [-0.3, -0.25) is 20.8 Å². The SMILES string of the molecule is CN1CCN(Cc2ccc(C[C-]=O)cc2)CC1.[CH2-]CSSCCCC(=O)O[C@]1(CC)C(=O)OCc2c1cc1n(c2=O)Cc2c-1nc1ccc(O)cc1c2CC.[Y]. The van der Waals surface area contributed by atoms with Gasteiger partial charge >= 0.3 is 11.9 Å². The van der Waals surface area contributed by atoms with E-state index >= 15 is 0 Å². The van der Waals surface area contributed by atoms with Gasteiger partial charge in [-0.1, -0.05) is 54.5 Å². The third-order valence-electron chi connectivity index (χ3n) is 10.5. The number of likely N-dealkylation sites (N-methyl/N-ethyl adjacent to an activating group) is 1. The summed E-state index contributed by atoms with van der Waals surface area (Å²) in [4.78, 5) is 59.7. The molecule has 2 aromatic heterocycles. The number of pyridine rings is 2. The molecule has 0 unspecified atom stereocenters. The van der Waals surface area contributed by atoms with E-state index in [1.807, 2.05) is 25.3 Å². The summed E-state index contributed by atoms with van der Waals surface area (Å²) in [5.74, 6) is 0.490. The van der Waals surface area contributed by atoms with Crippen LogP contribution in [0.5, 0.6) is 5.75 Å². The number of ether oxygens (including phenoxy) is 2. The summed E-state index contributed by atoms with van der Waals surface area (Å²) in [7, 11) is 5.43. The molecule has 0 saturated carbocycles. The van der Waals surface area contributed by atoms with Gasteiger partial charge in [0.1, 0.15) is 12.4 Å². The van der Waals surface area contributed by atoms with Crippen LogP contribution < -0.4 is 5.56 Å². The Balaban J connectivity index is 0.000000279. The van der Waals surface area contributed by atoms with Crippen molar-refractivity contribution in [3.63, 3.8) is 0 Å². The molecule has 0 amide bonds. The number of carbonyl (C=O) groups excluding carboxylic acids is 3. The van der Waals surface area contributed by atoms with Crippen LogP contribution in [-0.4, -0.2) is 87.4 Å². The largest absolute Gasteiger partial charge is 0.541 e. The van der Waals surface area contributed by atoms with Crippen LogP contribution in [0.4, 0.5) is 0 Å². The first-order chi connectivity index (χ1) is 26.6. The molecule has 0 aliphatic carbocycles. The van der Waals surface area contributed by atoms with Crippen molar-refractivity contribution in [2.45, 2.75) is 71.2 Å². The predicted octanol–water partition coefficient (Wildman–Crippen LogP) is 5.98. The van der Waals surface area contributed by atoms with Crippen LogP contribution in [-0.2, 0) is 94.7 Å². The minimum Gasteiger partial charge on any atom is -0.541 e. The fraction of sp³-hybridized carbons (Fsp3) is 0.429. The minimum atomic E-state index is -1.69. The summed E-state index contributed by atoms with van der Waals surface area (Å²) in [6, 6.07) is 15.1. The molecule has 1 atom stereocenters. The number of rotatable bonds is 13. The number of carbonyl (C=O) groups is 2. The Kier molecular flexibility index (Phi) is 15.8. The van der Waals surface area contributed by atoms with E-state index in [0.29, 0.717) is 53.8 Å². The second-order valence-corrected chi connectivity index (χ2v) is 16.7. The Labute approximate surface area is 361 Å². The van der Waals surface area contributed by atoms with Gasteiger partial charge in [0.2, 0.25) is 5.60 Å². The number of aryl methyl sites for hydroxylation is 1. The van der Waals surface area contributed by atoms with Gasteiger partial charge in [-0.05, 0) is 61.7 Å². The quantitative estimate of drug-likeness (QED) is 0.0647. The smallest absolute Gasteiger partial charge is 0.355 e. The van der Waals surface area contributed by atoms with E-state index < -0.39 is 17.5 Å². The Morgan fingerprint density at radius 2 is 1.77 bits per heavy atom. The van der Waals surface area contributed by atoms with Gasteiger partial charge in [0, 0.05) is 94.1 Å². The molecule has 4 aromatic rings. The van der Waals surface area contributed by atoms with E-state index in [4.69, 9.17) is 14.5 Å². The molecule has 295 valence electrons. The monoisotopic (exact) mass is 873 g/mol. The molecule has 11 nitrogen and oxygen atoms in total. The van der Waals surface area contributed by atoms with E-state index in [9.17, 15) is 24.3 Å². The standard InChI is InChI=1S/C28H29N2O6S2.C14H19N2O.Y/c1-4-17-18-12-16(31)9-10-22(18)29-25-19(17)14-30-23(25)13-21-20(26(30)33)15-35-27(34)28(21,5-2)36-24(32)8-7-11-38-37-6-3;1-15-7-9-16(10-8-15)12-14-4-2-13(3-5-14)6-11-17;/h9-10,12-13,31H,3-8,11,14-15H2,1-2H3;2-5H,6-10,12H2,1H3;/q2*-1;/t28-;;/m0../s1. The molecule has 2 aromatic carbocycles. The zero-order valence-electron chi connectivity index (χ0n) is 32.3. The Hall–Kier alpha value is -3.07. The average molecular weight is 874 g/mol. The average Bonchev–Trinajstić information content (AvgIpc) is 3.55. The number of aromatic hydroxyl groups is 1. The van der Waals surface area contributed by atoms with Crippen LogP contribution in [0, 0.1) is 6.92 Å². The summed E-state index contributed by atoms with van der Waals surface area (Å²) in [5, 5.41) is 10.9. The molecule has 5 heterocycles. The molecule has 0 bridgehead atoms. The number of aromatic nitrogens is 2. The maximum absolute atomic E-state index is 13.7. The van der Waals surface area contributed by atoms with E-state index in [1.165, 1.54) is 5.56 Å². The van der Waals surface area contributed by atoms with Crippen molar-refractivity contribution in [2.75, 3.05) is 44.7 Å². The van der Waals surface area contributed by atoms with Crippen LogP contribution in [0.3, 0.4) is 0 Å². The van der Waals surface area contributed by atoms with Crippen LogP contribution >= 0.6 is 21.6 Å². The molecule has 14 heteroatoms. The van der Waals surface area contributed by atoms with Crippen molar-refractivity contribution < 1.29 is 61.7 Å². The summed E-state index contributed by atoms with van der Waals surface area (Å²) < 4.78 is 12.9. The van der Waals surface area contributed by atoms with Crippen LogP contribution in [0.25, 0.3) is 22.3 Å². The molecule has 1 saturated heterocycles. The van der Waals surface area contributed by atoms with Crippen LogP contribution in [0.1, 0.15) is 66.5 Å². The van der Waals surface area contributed by atoms with Crippen molar-refractivity contribution in [1.29, 1.82) is 0 Å². The number of hydrogen-bond donors (Lipinski definition) is 1. The van der Waals surface area contributed by atoms with Gasteiger partial charge in [-0.2, -0.15) is 0 Å². The Morgan fingerprint density at radius 1 is 1.04 bits per heavy atom. The number of hydrogen-bond acceptors (Lipinski definition) is 12. The second kappa shape index (κ2) is 20.1. The van der Waals surface area contributed by atoms with Crippen molar-refractivity contribution in [1.82, 2.24) is 19.4 Å². The number of cyclic esters (lactones) is 1. The summed E-state index contributed by atoms with van der Waals surface area (Å²) in [6.07, 6.45) is 3.91. The first-order valence-electron chi connectivity index (χ1n) is 18.8. The van der Waals surface area contributed by atoms with Crippen molar-refractivity contribution in [3.8, 4) is 17.1 Å². The zero-order valence-corrected chi connectivity index (χ0v) is 36.8. The van der Waals surface area contributed by atoms with Crippen LogP contribution in [0.15, 0.2) is 53.3 Å². The molecule has 56 heavy (non-hydrogen) atoms. The van der Waals surface area contributed by atoms with E-state index in [0.717, 1.165) is 66.3 Å². The van der Waals surface area contributed by atoms with E-state index in [1.54, 1.807) is 57.3 Å². The van der Waals surface area contributed by atoms with Gasteiger partial charge in [-0.15, -0.1) is 23.0 Å². The number of fused-ring (bicyclic) bond motifs is 5. The van der Waals surface area contributed by atoms with E-state index in [2.05, 4.69) is 35.9 Å². The summed E-state index contributed by atoms with van der Waals surface area (Å²) in [5.41, 5.74) is 4.96. The topological polar surface area (TPSA) is 131 Å². The molecular formula is C42H48N4O7S2Y-2. The van der Waals surface area contributed by atoms with E-state index in [-0.39, 0.29) is 63.5 Å². The number of benzene rings is 2. The first-order valence-corrected chi connectivity index (χ1v) is 21.3. The van der Waals surface area contributed by atoms with Crippen molar-refractivity contribution >= 4 is 50.7 Å². The maximum Gasteiger partial charge on any atom is 0.355 e. The predicted molar refractivity (Wildman–Crippen MR) is 218 cm³/mol. The number of phenolic OH excluding ortho intramolecular Hbond substituents is 1. The molecule has 1 fully saturated rings. The van der Waals surface area contributed by atoms with Crippen LogP contribution in [0.2, 0.25) is 0 Å². The van der Waals surface area contributed by atoms with Gasteiger partial charge in [-0.25, -0.2) is 9.78 Å². The van der Waals surface area contributed by atoms with Gasteiger partial charge in [0.05, 0.1) is 29.0 Å². The first kappa shape index (κ1) is 44.0. The summed E-state index contributed by atoms with van der Waals surface area (Å²) >= 11 is 0. The zero-order chi connectivity index (χ0) is 39.1. The van der Waals surface area contributed by atoms with Crippen molar-refractivity contribution in [3.05, 3.63) is 99.2 Å². The Bertz CT molecular complexity index is 2100. The Morgan fingerprint density at radius 3 is 2.45 bits per heavy atom. The van der Waals surface area contributed by atoms with Gasteiger partial charge < -0.3 is 35.8 Å². The normalized spacial score (nSPS) is 17.5. The van der Waals surface area contributed by atoms with Gasteiger partial charge in [0.15, 0.2) is 0 Å². The number of piperazine rings is 1. The maximum atomic E-state index is 13.7. The molecule has 3 aliphatic heterocycles. The summed E-state index contributed by atoms with van der Waals surface area (Å²) in [6.45, 7) is 13.3. The molecule has 1 N–H and O–H groups in total. The van der Waals surface area contributed by atoms with Crippen molar-refractivity contribution in [2.24, 2.45) is 0 Å². The molecule has 7 rings (SSSR count). The number of nitrogens with zero attached hydrogens (tertiary/aromatic N) is 4. The third kappa shape index (κ3) is 9.61. The second-order valence-electron chi connectivity index (χ2n) is 14.0. The molecular weight excluding hydrogens is 826 g/mol. The third-order valence-corrected chi connectivity index (χ3v) is 12.8. The molecule has 0 spiro atoms.